The number of halogens is 2. The number of ether oxygens (including phenoxy) is 1. The van der Waals surface area contributed by atoms with Gasteiger partial charge in [-0.05, 0) is 42.8 Å². The van der Waals surface area contributed by atoms with Crippen molar-refractivity contribution in [3.8, 4) is 17.6 Å². The Bertz CT molecular complexity index is 704. The zero-order valence-electron chi connectivity index (χ0n) is 11.6. The molecule has 4 heteroatoms. The summed E-state index contributed by atoms with van der Waals surface area (Å²) in [6, 6.07) is 9.92. The summed E-state index contributed by atoms with van der Waals surface area (Å²) in [5, 5.41) is 0.359. The van der Waals surface area contributed by atoms with Gasteiger partial charge in [-0.3, -0.25) is 0 Å². The van der Waals surface area contributed by atoms with Crippen LogP contribution in [0.2, 0.25) is 5.02 Å². The maximum atomic E-state index is 13.0. The summed E-state index contributed by atoms with van der Waals surface area (Å²) in [6.07, 6.45) is 0. The topological polar surface area (TPSA) is 35.2 Å². The lowest BCUT2D eigenvalue weighted by Gasteiger charge is -2.10. The number of nitrogens with two attached hydrogens (primary N) is 1. The minimum absolute atomic E-state index is 0.285. The second-order valence-corrected chi connectivity index (χ2v) is 4.92. The van der Waals surface area contributed by atoms with Gasteiger partial charge >= 0.3 is 0 Å². The highest BCUT2D eigenvalue weighted by Crippen LogP contribution is 2.23. The van der Waals surface area contributed by atoms with Gasteiger partial charge in [0.25, 0.3) is 0 Å². The van der Waals surface area contributed by atoms with Crippen LogP contribution in [0.1, 0.15) is 16.7 Å². The van der Waals surface area contributed by atoms with Crippen LogP contribution < -0.4 is 10.5 Å². The highest BCUT2D eigenvalue weighted by molar-refractivity contribution is 6.31. The molecule has 2 nitrogen and oxygen atoms in total. The monoisotopic (exact) mass is 303 g/mol. The second-order valence-electron chi connectivity index (χ2n) is 4.51. The Morgan fingerprint density at radius 3 is 2.71 bits per heavy atom. The van der Waals surface area contributed by atoms with E-state index < -0.39 is 0 Å². The van der Waals surface area contributed by atoms with E-state index in [9.17, 15) is 4.39 Å². The first-order valence-corrected chi connectivity index (χ1v) is 6.84. The highest BCUT2D eigenvalue weighted by Gasteiger charge is 2.05. The van der Waals surface area contributed by atoms with Crippen LogP contribution in [-0.2, 0) is 6.61 Å². The minimum Gasteiger partial charge on any atom is -0.489 e. The molecule has 0 bridgehead atoms. The van der Waals surface area contributed by atoms with Gasteiger partial charge in [-0.1, -0.05) is 29.5 Å². The van der Waals surface area contributed by atoms with Crippen LogP contribution in [0.4, 0.5) is 4.39 Å². The molecule has 0 radical (unpaired) electrons. The van der Waals surface area contributed by atoms with Gasteiger partial charge in [-0.25, -0.2) is 4.39 Å². The van der Waals surface area contributed by atoms with Crippen molar-refractivity contribution in [1.29, 1.82) is 0 Å². The number of benzene rings is 2. The molecular weight excluding hydrogens is 289 g/mol. The van der Waals surface area contributed by atoms with Gasteiger partial charge in [-0.2, -0.15) is 0 Å². The predicted octanol–water partition coefficient (Wildman–Crippen LogP) is 3.68. The van der Waals surface area contributed by atoms with E-state index in [1.165, 1.54) is 12.1 Å². The lowest BCUT2D eigenvalue weighted by atomic mass is 10.1. The first-order valence-electron chi connectivity index (χ1n) is 6.46. The molecule has 108 valence electrons. The van der Waals surface area contributed by atoms with E-state index in [0.29, 0.717) is 11.6 Å². The quantitative estimate of drug-likeness (QED) is 0.878. The molecule has 0 atom stereocenters. The Morgan fingerprint density at radius 2 is 2.05 bits per heavy atom. The Morgan fingerprint density at radius 1 is 1.24 bits per heavy atom. The van der Waals surface area contributed by atoms with Crippen LogP contribution in [0, 0.1) is 24.6 Å². The van der Waals surface area contributed by atoms with E-state index in [1.807, 2.05) is 25.1 Å². The molecule has 21 heavy (non-hydrogen) atoms. The van der Waals surface area contributed by atoms with Crippen LogP contribution >= 0.6 is 11.6 Å². The Balaban J connectivity index is 2.09. The molecule has 0 heterocycles. The van der Waals surface area contributed by atoms with Gasteiger partial charge in [0.15, 0.2) is 0 Å². The first kappa shape index (κ1) is 15.4. The maximum absolute atomic E-state index is 13.0. The van der Waals surface area contributed by atoms with Gasteiger partial charge < -0.3 is 10.5 Å². The third-order valence-electron chi connectivity index (χ3n) is 2.91. The van der Waals surface area contributed by atoms with Gasteiger partial charge in [0.1, 0.15) is 18.2 Å². The third kappa shape index (κ3) is 4.22. The van der Waals surface area contributed by atoms with E-state index >= 15 is 0 Å². The van der Waals surface area contributed by atoms with E-state index in [0.717, 1.165) is 22.4 Å². The number of hydrogen-bond acceptors (Lipinski definition) is 2. The summed E-state index contributed by atoms with van der Waals surface area (Å²) < 4.78 is 18.7. The second kappa shape index (κ2) is 7.12. The van der Waals surface area contributed by atoms with Crippen LogP contribution in [0.15, 0.2) is 36.4 Å². The van der Waals surface area contributed by atoms with E-state index in [1.54, 1.807) is 6.07 Å². The predicted molar refractivity (Wildman–Crippen MR) is 82.9 cm³/mol. The molecular formula is C17H15ClFNO. The van der Waals surface area contributed by atoms with E-state index in [2.05, 4.69) is 11.8 Å². The molecule has 0 aliphatic carbocycles. The van der Waals surface area contributed by atoms with Gasteiger partial charge in [0, 0.05) is 11.1 Å². The summed E-state index contributed by atoms with van der Waals surface area (Å²) in [5.74, 6) is 6.16. The van der Waals surface area contributed by atoms with Gasteiger partial charge in [0.05, 0.1) is 11.6 Å². The molecule has 0 aliphatic rings. The Labute approximate surface area is 128 Å². The van der Waals surface area contributed by atoms with Crippen molar-refractivity contribution in [2.24, 2.45) is 5.73 Å². The van der Waals surface area contributed by atoms with Crippen molar-refractivity contribution in [2.75, 3.05) is 6.54 Å². The summed E-state index contributed by atoms with van der Waals surface area (Å²) in [4.78, 5) is 0. The van der Waals surface area contributed by atoms with Crippen molar-refractivity contribution in [2.45, 2.75) is 13.5 Å². The molecule has 0 saturated heterocycles. The van der Waals surface area contributed by atoms with Crippen molar-refractivity contribution in [1.82, 2.24) is 0 Å². The lowest BCUT2D eigenvalue weighted by molar-refractivity contribution is 0.304. The summed E-state index contributed by atoms with van der Waals surface area (Å²) in [7, 11) is 0. The largest absolute Gasteiger partial charge is 0.489 e. The van der Waals surface area contributed by atoms with Crippen LogP contribution in [-0.4, -0.2) is 6.54 Å². The fourth-order valence-corrected chi connectivity index (χ4v) is 2.06. The maximum Gasteiger partial charge on any atom is 0.124 e. The first-order chi connectivity index (χ1) is 10.1. The molecule has 0 amide bonds. The lowest BCUT2D eigenvalue weighted by Crippen LogP contribution is -1.98. The van der Waals surface area contributed by atoms with E-state index in [-0.39, 0.29) is 12.4 Å². The molecule has 0 fully saturated rings. The van der Waals surface area contributed by atoms with Crippen molar-refractivity contribution < 1.29 is 9.13 Å². The summed E-state index contributed by atoms with van der Waals surface area (Å²) >= 11 is 5.97. The van der Waals surface area contributed by atoms with Crippen LogP contribution in [0.25, 0.3) is 0 Å². The minimum atomic E-state index is -0.359. The Kier molecular flexibility index (Phi) is 5.21. The van der Waals surface area contributed by atoms with Crippen molar-refractivity contribution in [3.63, 3.8) is 0 Å². The molecule has 2 N–H and O–H groups in total. The fourth-order valence-electron chi connectivity index (χ4n) is 1.84. The molecule has 2 aromatic rings. The zero-order valence-corrected chi connectivity index (χ0v) is 12.4. The highest BCUT2D eigenvalue weighted by atomic mass is 35.5. The van der Waals surface area contributed by atoms with Crippen molar-refractivity contribution in [3.05, 3.63) is 63.9 Å². The van der Waals surface area contributed by atoms with Gasteiger partial charge in [0.2, 0.25) is 0 Å². The fraction of sp³-hybridized carbons (Fsp3) is 0.176. The molecule has 0 aliphatic heterocycles. The number of rotatable bonds is 3. The van der Waals surface area contributed by atoms with Crippen molar-refractivity contribution >= 4 is 11.6 Å². The van der Waals surface area contributed by atoms with Crippen LogP contribution in [0.5, 0.6) is 5.75 Å². The molecule has 0 spiro atoms. The molecule has 0 saturated carbocycles. The zero-order chi connectivity index (χ0) is 15.2. The standard InChI is InChI=1S/C17H15ClFNO/c1-12-9-13(3-2-8-20)4-7-17(12)21-11-14-5-6-15(19)10-16(14)18/h4-7,9-10H,8,11,20H2,1H3. The normalized spacial score (nSPS) is 9.90. The number of hydrogen-bond donors (Lipinski definition) is 1. The Hall–Kier alpha value is -2.02. The smallest absolute Gasteiger partial charge is 0.124 e. The third-order valence-corrected chi connectivity index (χ3v) is 3.26. The molecule has 0 unspecified atom stereocenters. The number of aryl methyl sites for hydroxylation is 1. The molecule has 0 aromatic heterocycles. The average Bonchev–Trinajstić information content (AvgIpc) is 2.45. The molecule has 2 rings (SSSR count). The summed E-state index contributed by atoms with van der Waals surface area (Å²) in [5.41, 5.74) is 7.95. The average molecular weight is 304 g/mol. The summed E-state index contributed by atoms with van der Waals surface area (Å²) in [6.45, 7) is 2.56. The van der Waals surface area contributed by atoms with Crippen LogP contribution in [0.3, 0.4) is 0 Å². The van der Waals surface area contributed by atoms with Gasteiger partial charge in [-0.15, -0.1) is 0 Å². The molecule has 2 aromatic carbocycles. The SMILES string of the molecule is Cc1cc(C#CCN)ccc1OCc1ccc(F)cc1Cl. The van der Waals surface area contributed by atoms with E-state index in [4.69, 9.17) is 22.1 Å².